The molecule has 3 rings (SSSR count). The summed E-state index contributed by atoms with van der Waals surface area (Å²) >= 11 is 0. The van der Waals surface area contributed by atoms with Crippen LogP contribution in [0.1, 0.15) is 25.3 Å². The zero-order valence-electron chi connectivity index (χ0n) is 16.5. The molecule has 1 amide bonds. The standard InChI is InChI=1S/C21H26FN3O3S/c1-2-24(15-17-7-5-8-18(22)13-17)16-21(26)23-19-9-6-10-20(14-19)29(27,28)25-11-3-4-12-25/h5-10,13-14H,2-4,11-12,15-16H2,1H3,(H,23,26). The van der Waals surface area contributed by atoms with Crippen molar-refractivity contribution >= 4 is 21.6 Å². The maximum atomic E-state index is 13.4. The van der Waals surface area contributed by atoms with Gasteiger partial charge in [-0.2, -0.15) is 4.31 Å². The lowest BCUT2D eigenvalue weighted by Gasteiger charge is -2.20. The number of carbonyl (C=O) groups is 1. The highest BCUT2D eigenvalue weighted by Crippen LogP contribution is 2.23. The summed E-state index contributed by atoms with van der Waals surface area (Å²) in [7, 11) is -3.53. The van der Waals surface area contributed by atoms with E-state index < -0.39 is 10.0 Å². The van der Waals surface area contributed by atoms with Crippen LogP contribution in [0.4, 0.5) is 10.1 Å². The lowest BCUT2D eigenvalue weighted by atomic mass is 10.2. The third kappa shape index (κ3) is 5.62. The first kappa shape index (κ1) is 21.4. The van der Waals surface area contributed by atoms with Gasteiger partial charge in [-0.25, -0.2) is 12.8 Å². The molecule has 0 radical (unpaired) electrons. The van der Waals surface area contributed by atoms with Crippen molar-refractivity contribution < 1.29 is 17.6 Å². The van der Waals surface area contributed by atoms with Crippen molar-refractivity contribution in [1.82, 2.24) is 9.21 Å². The van der Waals surface area contributed by atoms with Gasteiger partial charge in [-0.3, -0.25) is 9.69 Å². The highest BCUT2D eigenvalue weighted by Gasteiger charge is 2.27. The summed E-state index contributed by atoms with van der Waals surface area (Å²) in [6, 6.07) is 12.6. The summed E-state index contributed by atoms with van der Waals surface area (Å²) in [4.78, 5) is 14.5. The lowest BCUT2D eigenvalue weighted by Crippen LogP contribution is -2.33. The van der Waals surface area contributed by atoms with E-state index in [1.165, 1.54) is 22.5 Å². The average Bonchev–Trinajstić information content (AvgIpc) is 3.23. The van der Waals surface area contributed by atoms with E-state index in [1.807, 2.05) is 17.9 Å². The second kappa shape index (κ2) is 9.47. The Bertz CT molecular complexity index is 959. The number of hydrogen-bond donors (Lipinski definition) is 1. The molecule has 1 heterocycles. The first-order valence-electron chi connectivity index (χ1n) is 9.75. The number of halogens is 1. The molecule has 2 aromatic carbocycles. The number of benzene rings is 2. The Morgan fingerprint density at radius 3 is 2.55 bits per heavy atom. The Hall–Kier alpha value is -2.29. The molecule has 0 aromatic heterocycles. The molecule has 1 saturated heterocycles. The van der Waals surface area contributed by atoms with Gasteiger partial charge in [-0.05, 0) is 55.3 Å². The molecule has 1 aliphatic heterocycles. The Balaban J connectivity index is 1.64. The van der Waals surface area contributed by atoms with Crippen LogP contribution in [0.15, 0.2) is 53.4 Å². The fourth-order valence-electron chi connectivity index (χ4n) is 3.39. The summed E-state index contributed by atoms with van der Waals surface area (Å²) in [5.74, 6) is -0.557. The van der Waals surface area contributed by atoms with Crippen LogP contribution in [0.5, 0.6) is 0 Å². The summed E-state index contributed by atoms with van der Waals surface area (Å²) in [5.41, 5.74) is 1.23. The van der Waals surface area contributed by atoms with E-state index in [2.05, 4.69) is 5.32 Å². The van der Waals surface area contributed by atoms with Crippen molar-refractivity contribution in [3.05, 3.63) is 59.9 Å². The fraction of sp³-hybridized carbons (Fsp3) is 0.381. The summed E-state index contributed by atoms with van der Waals surface area (Å²) in [6.07, 6.45) is 1.74. The molecule has 0 spiro atoms. The van der Waals surface area contributed by atoms with Gasteiger partial charge in [0, 0.05) is 25.3 Å². The molecule has 6 nitrogen and oxygen atoms in total. The van der Waals surface area contributed by atoms with Crippen molar-refractivity contribution in [2.75, 3.05) is 31.5 Å². The summed E-state index contributed by atoms with van der Waals surface area (Å²) in [5, 5.41) is 2.77. The second-order valence-corrected chi connectivity index (χ2v) is 9.06. The van der Waals surface area contributed by atoms with E-state index >= 15 is 0 Å². The SMILES string of the molecule is CCN(CC(=O)Nc1cccc(S(=O)(=O)N2CCCC2)c1)Cc1cccc(F)c1. The van der Waals surface area contributed by atoms with Crippen LogP contribution in [-0.4, -0.2) is 49.7 Å². The van der Waals surface area contributed by atoms with Crippen LogP contribution in [0, 0.1) is 5.82 Å². The van der Waals surface area contributed by atoms with E-state index in [-0.39, 0.29) is 23.2 Å². The van der Waals surface area contributed by atoms with Crippen LogP contribution in [0.2, 0.25) is 0 Å². The van der Waals surface area contributed by atoms with Crippen LogP contribution >= 0.6 is 0 Å². The highest BCUT2D eigenvalue weighted by atomic mass is 32.2. The molecule has 1 aliphatic rings. The maximum Gasteiger partial charge on any atom is 0.243 e. The zero-order valence-corrected chi connectivity index (χ0v) is 17.3. The number of amides is 1. The average molecular weight is 420 g/mol. The van der Waals surface area contributed by atoms with Gasteiger partial charge in [-0.1, -0.05) is 25.1 Å². The van der Waals surface area contributed by atoms with E-state index in [1.54, 1.807) is 24.3 Å². The van der Waals surface area contributed by atoms with Crippen LogP contribution in [-0.2, 0) is 21.4 Å². The van der Waals surface area contributed by atoms with Crippen molar-refractivity contribution in [2.24, 2.45) is 0 Å². The third-order valence-electron chi connectivity index (χ3n) is 4.93. The Morgan fingerprint density at radius 1 is 1.14 bits per heavy atom. The molecule has 2 aromatic rings. The largest absolute Gasteiger partial charge is 0.325 e. The third-order valence-corrected chi connectivity index (χ3v) is 6.82. The Morgan fingerprint density at radius 2 is 1.86 bits per heavy atom. The van der Waals surface area contributed by atoms with Gasteiger partial charge in [0.2, 0.25) is 15.9 Å². The van der Waals surface area contributed by atoms with Gasteiger partial charge in [0.25, 0.3) is 0 Å². The molecule has 0 aliphatic carbocycles. The van der Waals surface area contributed by atoms with E-state index in [0.29, 0.717) is 31.9 Å². The normalized spacial score (nSPS) is 15.0. The van der Waals surface area contributed by atoms with Gasteiger partial charge in [0.1, 0.15) is 5.82 Å². The molecular weight excluding hydrogens is 393 g/mol. The van der Waals surface area contributed by atoms with Gasteiger partial charge in [0.05, 0.1) is 11.4 Å². The molecule has 156 valence electrons. The van der Waals surface area contributed by atoms with Crippen molar-refractivity contribution in [3.63, 3.8) is 0 Å². The quantitative estimate of drug-likeness (QED) is 0.714. The summed E-state index contributed by atoms with van der Waals surface area (Å²) in [6.45, 7) is 4.18. The van der Waals surface area contributed by atoms with E-state index in [0.717, 1.165) is 18.4 Å². The number of hydrogen-bond acceptors (Lipinski definition) is 4. The lowest BCUT2D eigenvalue weighted by molar-refractivity contribution is -0.117. The molecule has 0 bridgehead atoms. The van der Waals surface area contributed by atoms with Gasteiger partial charge < -0.3 is 5.32 Å². The number of carbonyl (C=O) groups excluding carboxylic acids is 1. The van der Waals surface area contributed by atoms with Crippen LogP contribution in [0.25, 0.3) is 0 Å². The summed E-state index contributed by atoms with van der Waals surface area (Å²) < 4.78 is 40.2. The van der Waals surface area contributed by atoms with Gasteiger partial charge in [0.15, 0.2) is 0 Å². The van der Waals surface area contributed by atoms with Crippen molar-refractivity contribution in [3.8, 4) is 0 Å². The molecule has 8 heteroatoms. The molecule has 0 saturated carbocycles. The predicted molar refractivity (Wildman–Crippen MR) is 110 cm³/mol. The minimum Gasteiger partial charge on any atom is -0.325 e. The smallest absolute Gasteiger partial charge is 0.243 e. The van der Waals surface area contributed by atoms with Gasteiger partial charge in [-0.15, -0.1) is 0 Å². The molecule has 1 N–H and O–H groups in total. The predicted octanol–water partition coefficient (Wildman–Crippen LogP) is 3.07. The van der Waals surface area contributed by atoms with Crippen LogP contribution < -0.4 is 5.32 Å². The number of sulfonamides is 1. The number of likely N-dealkylation sites (N-methyl/N-ethyl adjacent to an activating group) is 1. The monoisotopic (exact) mass is 419 g/mol. The van der Waals surface area contributed by atoms with Gasteiger partial charge >= 0.3 is 0 Å². The van der Waals surface area contributed by atoms with Crippen molar-refractivity contribution in [2.45, 2.75) is 31.2 Å². The minimum absolute atomic E-state index is 0.121. The minimum atomic E-state index is -3.53. The molecule has 0 atom stereocenters. The topological polar surface area (TPSA) is 69.7 Å². The number of rotatable bonds is 8. The Labute approximate surface area is 171 Å². The fourth-order valence-corrected chi connectivity index (χ4v) is 4.95. The number of nitrogens with one attached hydrogen (secondary N) is 1. The highest BCUT2D eigenvalue weighted by molar-refractivity contribution is 7.89. The first-order valence-corrected chi connectivity index (χ1v) is 11.2. The molecular formula is C21H26FN3O3S. The van der Waals surface area contributed by atoms with Crippen LogP contribution in [0.3, 0.4) is 0 Å². The maximum absolute atomic E-state index is 13.4. The zero-order chi connectivity index (χ0) is 20.9. The molecule has 0 unspecified atom stereocenters. The Kier molecular flexibility index (Phi) is 7.00. The number of nitrogens with zero attached hydrogens (tertiary/aromatic N) is 2. The number of anilines is 1. The van der Waals surface area contributed by atoms with Crippen molar-refractivity contribution in [1.29, 1.82) is 0 Å². The van der Waals surface area contributed by atoms with E-state index in [9.17, 15) is 17.6 Å². The molecule has 1 fully saturated rings. The molecule has 29 heavy (non-hydrogen) atoms. The first-order chi connectivity index (χ1) is 13.9. The second-order valence-electron chi connectivity index (χ2n) is 7.12. The van der Waals surface area contributed by atoms with E-state index in [4.69, 9.17) is 0 Å².